The first-order valence-electron chi connectivity index (χ1n) is 20.0. The van der Waals surface area contributed by atoms with Crippen LogP contribution in [0.3, 0.4) is 0 Å². The molecule has 3 aromatic carbocycles. The summed E-state index contributed by atoms with van der Waals surface area (Å²) in [4.78, 5) is 69.8. The first kappa shape index (κ1) is 45.9. The third-order valence-electron chi connectivity index (χ3n) is 9.36. The number of hydrogen-bond acceptors (Lipinski definition) is 11. The second-order valence-corrected chi connectivity index (χ2v) is 15.3. The van der Waals surface area contributed by atoms with E-state index in [0.717, 1.165) is 51.0 Å². The van der Waals surface area contributed by atoms with Crippen LogP contribution in [0.25, 0.3) is 0 Å². The molecule has 1 fully saturated rings. The minimum Gasteiger partial charge on any atom is -0.493 e. The lowest BCUT2D eigenvalue weighted by Crippen LogP contribution is -2.47. The number of para-hydroxylation sites is 1. The number of carbonyl (C=O) groups excluding carboxylic acids is 5. The predicted octanol–water partition coefficient (Wildman–Crippen LogP) is 6.08. The molecule has 3 aromatic rings. The number of methoxy groups -OCH3 is 1. The van der Waals surface area contributed by atoms with Gasteiger partial charge in [0, 0.05) is 51.8 Å². The minimum atomic E-state index is -0.654. The summed E-state index contributed by atoms with van der Waals surface area (Å²) in [5.41, 5.74) is 1.57. The molecule has 0 aromatic heterocycles. The maximum absolute atomic E-state index is 14.0. The van der Waals surface area contributed by atoms with Crippen LogP contribution in [-0.4, -0.2) is 119 Å². The zero-order chi connectivity index (χ0) is 43.0. The minimum absolute atomic E-state index is 0.0705. The topological polar surface area (TPSA) is 165 Å². The first-order chi connectivity index (χ1) is 28.1. The van der Waals surface area contributed by atoms with Crippen molar-refractivity contribution in [2.75, 3.05) is 84.0 Å². The number of ether oxygens (including phenoxy) is 5. The molecule has 1 aliphatic heterocycles. The Morgan fingerprint density at radius 2 is 1.51 bits per heavy atom. The molecule has 0 spiro atoms. The maximum Gasteiger partial charge on any atom is 0.407 e. The predicted molar refractivity (Wildman–Crippen MR) is 225 cm³/mol. The van der Waals surface area contributed by atoms with E-state index >= 15 is 0 Å². The zero-order valence-electron chi connectivity index (χ0n) is 35.4. The van der Waals surface area contributed by atoms with Gasteiger partial charge < -0.3 is 49.0 Å². The largest absolute Gasteiger partial charge is 0.493 e. The molecule has 59 heavy (non-hydrogen) atoms. The van der Waals surface area contributed by atoms with E-state index in [-0.39, 0.29) is 41.0 Å². The molecule has 4 rings (SSSR count). The van der Waals surface area contributed by atoms with Crippen LogP contribution in [0.2, 0.25) is 0 Å². The zero-order valence-corrected chi connectivity index (χ0v) is 35.4. The second-order valence-electron chi connectivity index (χ2n) is 15.3. The third-order valence-corrected chi connectivity index (χ3v) is 9.36. The normalized spacial score (nSPS) is 12.9. The van der Waals surface area contributed by atoms with Crippen LogP contribution in [0.5, 0.6) is 17.2 Å². The van der Waals surface area contributed by atoms with Crippen molar-refractivity contribution in [2.24, 2.45) is 0 Å². The number of piperazine rings is 1. The van der Waals surface area contributed by atoms with Crippen molar-refractivity contribution in [1.29, 1.82) is 0 Å². The van der Waals surface area contributed by atoms with Gasteiger partial charge in [-0.15, -0.1) is 0 Å². The van der Waals surface area contributed by atoms with Crippen molar-refractivity contribution >= 4 is 41.2 Å². The van der Waals surface area contributed by atoms with Crippen molar-refractivity contribution in [3.63, 3.8) is 0 Å². The fraction of sp³-hybridized carbons (Fsp3) is 0.477. The van der Waals surface area contributed by atoms with Gasteiger partial charge in [0.2, 0.25) is 5.91 Å². The number of amides is 4. The molecule has 0 atom stereocenters. The molecule has 0 aliphatic carbocycles. The lowest BCUT2D eigenvalue weighted by atomic mass is 10.1. The summed E-state index contributed by atoms with van der Waals surface area (Å²) in [7, 11) is 4.93. The van der Waals surface area contributed by atoms with Gasteiger partial charge in [-0.3, -0.25) is 14.4 Å². The molecule has 320 valence electrons. The molecule has 1 aliphatic rings. The van der Waals surface area contributed by atoms with Crippen LogP contribution < -0.4 is 29.7 Å². The number of nitrogens with one attached hydrogen (secondary N) is 2. The van der Waals surface area contributed by atoms with Crippen molar-refractivity contribution in [1.82, 2.24) is 15.1 Å². The van der Waals surface area contributed by atoms with Gasteiger partial charge in [-0.25, -0.2) is 9.59 Å². The molecule has 15 nitrogen and oxygen atoms in total. The summed E-state index contributed by atoms with van der Waals surface area (Å²) in [5, 5.41) is 5.49. The Balaban J connectivity index is 1.39. The molecule has 1 saturated heterocycles. The van der Waals surface area contributed by atoms with Gasteiger partial charge in [0.25, 0.3) is 11.8 Å². The molecule has 0 radical (unpaired) electrons. The number of benzene rings is 3. The van der Waals surface area contributed by atoms with E-state index in [4.69, 9.17) is 23.7 Å². The number of aryl methyl sites for hydroxylation is 1. The van der Waals surface area contributed by atoms with Crippen LogP contribution in [-0.2, 0) is 19.1 Å². The Morgan fingerprint density at radius 1 is 0.797 bits per heavy atom. The Labute approximate surface area is 347 Å². The van der Waals surface area contributed by atoms with Gasteiger partial charge in [-0.1, -0.05) is 18.2 Å². The lowest BCUT2D eigenvalue weighted by molar-refractivity contribution is -0.143. The van der Waals surface area contributed by atoms with Crippen molar-refractivity contribution in [2.45, 2.75) is 65.4 Å². The number of anilines is 2. The second kappa shape index (κ2) is 22.4. The number of unbranched alkanes of at least 4 members (excludes halogenated alkanes) is 2. The number of nitrogens with zero attached hydrogens (tertiary/aromatic N) is 3. The standard InChI is InChI=1S/C44H59N5O10/c1-31-17-20-35(38(28-31)57-26-12-8-9-16-39(50)49-24-22-47(5)23-25-49)48(6)42(53)32-18-19-34(37(29-32)58-30-40(51)55-7)46-41(52)33-14-10-11-15-36(33)56-27-13-21-45-43(54)59-44(2,3)4/h10-11,14-15,17-20,28-29H,8-9,12-13,16,21-27,30H2,1-7H3,(H,45,54)(H,46,52). The van der Waals surface area contributed by atoms with Gasteiger partial charge in [-0.2, -0.15) is 0 Å². The lowest BCUT2D eigenvalue weighted by Gasteiger charge is -2.32. The average molecular weight is 818 g/mol. The highest BCUT2D eigenvalue weighted by molar-refractivity contribution is 6.09. The Morgan fingerprint density at radius 3 is 2.24 bits per heavy atom. The molecule has 4 amide bonds. The molecule has 0 saturated carbocycles. The van der Waals surface area contributed by atoms with Gasteiger partial charge in [0.1, 0.15) is 22.8 Å². The maximum atomic E-state index is 14.0. The summed E-state index contributed by atoms with van der Waals surface area (Å²) in [5.74, 6) is -0.429. The van der Waals surface area contributed by atoms with Crippen LogP contribution >= 0.6 is 0 Å². The van der Waals surface area contributed by atoms with E-state index in [1.165, 1.54) is 24.1 Å². The van der Waals surface area contributed by atoms with Gasteiger partial charge in [-0.05, 0) is 108 Å². The number of likely N-dealkylation sites (N-methyl/N-ethyl adjacent to an activating group) is 1. The number of esters is 1. The van der Waals surface area contributed by atoms with E-state index in [1.807, 2.05) is 30.0 Å². The SMILES string of the molecule is COC(=O)COc1cc(C(=O)N(C)c2ccc(C)cc2OCCCCCC(=O)N2CCN(C)CC2)ccc1NC(=O)c1ccccc1OCCCNC(=O)OC(C)(C)C. The Kier molecular flexibility index (Phi) is 17.4. The van der Waals surface area contributed by atoms with E-state index < -0.39 is 30.2 Å². The molecule has 15 heteroatoms. The summed E-state index contributed by atoms with van der Waals surface area (Å²) >= 11 is 0. The quantitative estimate of drug-likeness (QED) is 0.106. The van der Waals surface area contributed by atoms with Crippen LogP contribution in [0.4, 0.5) is 16.2 Å². The van der Waals surface area contributed by atoms with Gasteiger partial charge >= 0.3 is 12.1 Å². The van der Waals surface area contributed by atoms with E-state index in [0.29, 0.717) is 43.2 Å². The van der Waals surface area contributed by atoms with E-state index in [2.05, 4.69) is 22.6 Å². The summed E-state index contributed by atoms with van der Waals surface area (Å²) < 4.78 is 27.8. The molecular formula is C44H59N5O10. The number of alkyl carbamates (subject to hydrolysis) is 1. The highest BCUT2D eigenvalue weighted by Gasteiger charge is 2.23. The third kappa shape index (κ3) is 14.8. The first-order valence-corrected chi connectivity index (χ1v) is 20.0. The fourth-order valence-corrected chi connectivity index (χ4v) is 6.07. The van der Waals surface area contributed by atoms with Gasteiger partial charge in [0.05, 0.1) is 37.3 Å². The molecule has 1 heterocycles. The van der Waals surface area contributed by atoms with Crippen molar-refractivity contribution in [3.05, 3.63) is 77.4 Å². The number of rotatable bonds is 19. The van der Waals surface area contributed by atoms with Crippen LogP contribution in [0.15, 0.2) is 60.7 Å². The monoisotopic (exact) mass is 817 g/mol. The highest BCUT2D eigenvalue weighted by atomic mass is 16.6. The Bertz CT molecular complexity index is 1900. The molecule has 0 unspecified atom stereocenters. The van der Waals surface area contributed by atoms with Crippen molar-refractivity contribution < 1.29 is 47.7 Å². The van der Waals surface area contributed by atoms with E-state index in [9.17, 15) is 24.0 Å². The number of hydrogen-bond donors (Lipinski definition) is 2. The molecule has 2 N–H and O–H groups in total. The smallest absolute Gasteiger partial charge is 0.407 e. The Hall–Kier alpha value is -5.83. The fourth-order valence-electron chi connectivity index (χ4n) is 6.07. The van der Waals surface area contributed by atoms with Crippen molar-refractivity contribution in [3.8, 4) is 17.2 Å². The summed E-state index contributed by atoms with van der Waals surface area (Å²) in [6.07, 6.45) is 2.81. The van der Waals surface area contributed by atoms with Crippen LogP contribution in [0.1, 0.15) is 79.2 Å². The van der Waals surface area contributed by atoms with Crippen LogP contribution in [0, 0.1) is 6.92 Å². The molecule has 0 bridgehead atoms. The highest BCUT2D eigenvalue weighted by Crippen LogP contribution is 2.33. The summed E-state index contributed by atoms with van der Waals surface area (Å²) in [6.45, 7) is 11.1. The van der Waals surface area contributed by atoms with E-state index in [1.54, 1.807) is 58.2 Å². The molecular weight excluding hydrogens is 759 g/mol. The summed E-state index contributed by atoms with van der Waals surface area (Å²) in [6, 6.07) is 16.8. The number of carbonyl (C=O) groups is 5. The van der Waals surface area contributed by atoms with Gasteiger partial charge in [0.15, 0.2) is 6.61 Å². The average Bonchev–Trinajstić information content (AvgIpc) is 3.20.